The molecule has 0 saturated carbocycles. The summed E-state index contributed by atoms with van der Waals surface area (Å²) >= 11 is 0. The minimum atomic E-state index is -1.81. The molecule has 2 fully saturated rings. The lowest BCUT2D eigenvalue weighted by molar-refractivity contribution is -0.282. The first-order chi connectivity index (χ1) is 16.7. The molecule has 10 atom stereocenters. The smallest absolute Gasteiger partial charge is 0.336 e. The van der Waals surface area contributed by atoms with Gasteiger partial charge in [0.05, 0.1) is 13.2 Å². The summed E-state index contributed by atoms with van der Waals surface area (Å²) in [5.41, 5.74) is -0.960. The van der Waals surface area contributed by atoms with E-state index in [4.69, 9.17) is 23.4 Å². The van der Waals surface area contributed by atoms with E-state index in [0.717, 1.165) is 6.07 Å². The van der Waals surface area contributed by atoms with Gasteiger partial charge in [0.2, 0.25) is 18.3 Å². The summed E-state index contributed by atoms with van der Waals surface area (Å²) in [4.78, 5) is 11.9. The van der Waals surface area contributed by atoms with Crippen LogP contribution in [0.3, 0.4) is 0 Å². The maximum atomic E-state index is 11.9. The van der Waals surface area contributed by atoms with Crippen LogP contribution < -0.4 is 15.1 Å². The molecule has 2 aliphatic rings. The number of aliphatic hydroxyl groups is 8. The van der Waals surface area contributed by atoms with E-state index in [0.29, 0.717) is 5.39 Å². The summed E-state index contributed by atoms with van der Waals surface area (Å²) in [6.45, 7) is -1.42. The van der Waals surface area contributed by atoms with Crippen LogP contribution in [0.4, 0.5) is 0 Å². The first kappa shape index (κ1) is 25.7. The number of hydrogen-bond acceptors (Lipinski definition) is 14. The van der Waals surface area contributed by atoms with E-state index in [1.54, 1.807) is 0 Å². The summed E-state index contributed by atoms with van der Waals surface area (Å²) in [7, 11) is 0. The van der Waals surface area contributed by atoms with Crippen molar-refractivity contribution in [3.8, 4) is 11.5 Å². The number of rotatable bonds is 6. The molecule has 2 aromatic rings. The Balaban J connectivity index is 1.72. The highest BCUT2D eigenvalue weighted by molar-refractivity contribution is 5.85. The van der Waals surface area contributed by atoms with Gasteiger partial charge in [-0.15, -0.1) is 0 Å². The van der Waals surface area contributed by atoms with Gasteiger partial charge >= 0.3 is 5.63 Å². The molecule has 1 aromatic carbocycles. The minimum Gasteiger partial charge on any atom is -0.458 e. The summed E-state index contributed by atoms with van der Waals surface area (Å²) in [6.07, 6.45) is -16.2. The zero-order chi connectivity index (χ0) is 25.4. The van der Waals surface area contributed by atoms with E-state index in [2.05, 4.69) is 0 Å². The Morgan fingerprint density at radius 3 is 1.74 bits per heavy atom. The fourth-order valence-electron chi connectivity index (χ4n) is 3.86. The van der Waals surface area contributed by atoms with Crippen molar-refractivity contribution in [1.82, 2.24) is 0 Å². The number of benzene rings is 1. The van der Waals surface area contributed by atoms with Crippen LogP contribution in [0.1, 0.15) is 0 Å². The van der Waals surface area contributed by atoms with Crippen molar-refractivity contribution < 1.29 is 64.2 Å². The predicted octanol–water partition coefficient (Wildman–Crippen LogP) is -3.85. The minimum absolute atomic E-state index is 0.184. The summed E-state index contributed by atoms with van der Waals surface area (Å²) in [5, 5.41) is 79.9. The zero-order valence-electron chi connectivity index (χ0n) is 18.0. The standard InChI is InChI=1S/C21H26O14/c22-5-9-12(25)14(27)16(29)20(32-9)31-8-3-1-7-2-4-11(24)34-18(7)19(8)35-21-17(30)15(28)13(26)10(6-23)33-21/h1-4,9-10,12-17,20-23,25-30H,5-6H2/t9-,10-,12+,13+,14+,15+,16-,17+,20-,21+/m1/s1. The molecule has 0 aliphatic carbocycles. The molecular weight excluding hydrogens is 476 g/mol. The van der Waals surface area contributed by atoms with Gasteiger partial charge in [-0.05, 0) is 18.2 Å². The van der Waals surface area contributed by atoms with E-state index in [-0.39, 0.29) is 17.1 Å². The second-order valence-electron chi connectivity index (χ2n) is 8.20. The van der Waals surface area contributed by atoms with Crippen LogP contribution in [0.15, 0.2) is 33.5 Å². The predicted molar refractivity (Wildman–Crippen MR) is 111 cm³/mol. The van der Waals surface area contributed by atoms with Crippen LogP contribution in [0.5, 0.6) is 11.5 Å². The fraction of sp³-hybridized carbons (Fsp3) is 0.571. The quantitative estimate of drug-likeness (QED) is 0.177. The highest BCUT2D eigenvalue weighted by Crippen LogP contribution is 2.39. The average Bonchev–Trinajstić information content (AvgIpc) is 2.85. The average molecular weight is 502 g/mol. The largest absolute Gasteiger partial charge is 0.458 e. The highest BCUT2D eigenvalue weighted by atomic mass is 16.7. The first-order valence-corrected chi connectivity index (χ1v) is 10.7. The Hall–Kier alpha value is -2.37. The van der Waals surface area contributed by atoms with Gasteiger partial charge in [0.15, 0.2) is 11.3 Å². The van der Waals surface area contributed by atoms with Crippen molar-refractivity contribution >= 4 is 11.0 Å². The van der Waals surface area contributed by atoms with Crippen molar-refractivity contribution in [3.63, 3.8) is 0 Å². The normalized spacial score (nSPS) is 37.8. The van der Waals surface area contributed by atoms with E-state index in [1.165, 1.54) is 18.2 Å². The Morgan fingerprint density at radius 2 is 1.20 bits per heavy atom. The van der Waals surface area contributed by atoms with Crippen molar-refractivity contribution in [3.05, 3.63) is 34.7 Å². The molecule has 0 amide bonds. The lowest BCUT2D eigenvalue weighted by atomic mass is 9.99. The van der Waals surface area contributed by atoms with Crippen LogP contribution in [0.2, 0.25) is 0 Å². The third-order valence-electron chi connectivity index (χ3n) is 5.88. The molecule has 0 spiro atoms. The monoisotopic (exact) mass is 502 g/mol. The second-order valence-corrected chi connectivity index (χ2v) is 8.20. The van der Waals surface area contributed by atoms with Gasteiger partial charge in [0, 0.05) is 11.5 Å². The summed E-state index contributed by atoms with van der Waals surface area (Å²) in [5.74, 6) is -0.588. The van der Waals surface area contributed by atoms with Crippen molar-refractivity contribution in [1.29, 1.82) is 0 Å². The SMILES string of the molecule is O=c1ccc2ccc(O[C@@H]3O[C@H](CO)[C@H](O)[C@H](O)[C@H]3O)c(O[C@@H]3O[C@H](CO)[C@H](O)[C@H](O)[C@@H]3O)c2o1. The lowest BCUT2D eigenvalue weighted by Gasteiger charge is -2.40. The molecule has 14 heteroatoms. The van der Waals surface area contributed by atoms with Gasteiger partial charge in [0.1, 0.15) is 48.8 Å². The molecule has 1 aromatic heterocycles. The number of fused-ring (bicyclic) bond motifs is 1. The van der Waals surface area contributed by atoms with Crippen LogP contribution in [0.25, 0.3) is 11.0 Å². The van der Waals surface area contributed by atoms with Crippen molar-refractivity contribution in [2.45, 2.75) is 61.4 Å². The van der Waals surface area contributed by atoms with Gasteiger partial charge < -0.3 is 64.2 Å². The van der Waals surface area contributed by atoms with Gasteiger partial charge in [-0.3, -0.25) is 0 Å². The second kappa shape index (κ2) is 10.3. The summed E-state index contributed by atoms with van der Waals surface area (Å²) < 4.78 is 27.2. The molecule has 4 rings (SSSR count). The fourth-order valence-corrected chi connectivity index (χ4v) is 3.86. The molecule has 194 valence electrons. The number of ether oxygens (including phenoxy) is 4. The Labute approximate surface area is 196 Å². The topological polar surface area (TPSA) is 229 Å². The maximum Gasteiger partial charge on any atom is 0.336 e. The van der Waals surface area contributed by atoms with Crippen LogP contribution in [0, 0.1) is 0 Å². The van der Waals surface area contributed by atoms with E-state index < -0.39 is 80.3 Å². The van der Waals surface area contributed by atoms with Gasteiger partial charge in [0.25, 0.3) is 0 Å². The van der Waals surface area contributed by atoms with Crippen molar-refractivity contribution in [2.24, 2.45) is 0 Å². The maximum absolute atomic E-state index is 11.9. The van der Waals surface area contributed by atoms with Crippen LogP contribution >= 0.6 is 0 Å². The molecule has 0 unspecified atom stereocenters. The third kappa shape index (κ3) is 4.85. The van der Waals surface area contributed by atoms with Gasteiger partial charge in [-0.25, -0.2) is 4.79 Å². The third-order valence-corrected chi connectivity index (χ3v) is 5.88. The first-order valence-electron chi connectivity index (χ1n) is 10.7. The Kier molecular flexibility index (Phi) is 7.58. The molecule has 8 N–H and O–H groups in total. The Bertz CT molecular complexity index is 1070. The molecule has 0 bridgehead atoms. The molecule has 14 nitrogen and oxygen atoms in total. The molecule has 2 aliphatic heterocycles. The number of aliphatic hydroxyl groups excluding tert-OH is 8. The molecule has 3 heterocycles. The van der Waals surface area contributed by atoms with Crippen LogP contribution in [-0.2, 0) is 9.47 Å². The Morgan fingerprint density at radius 1 is 0.686 bits per heavy atom. The van der Waals surface area contributed by atoms with E-state index in [1.807, 2.05) is 0 Å². The van der Waals surface area contributed by atoms with Crippen molar-refractivity contribution in [2.75, 3.05) is 13.2 Å². The lowest BCUT2D eigenvalue weighted by Crippen LogP contribution is -2.60. The van der Waals surface area contributed by atoms with Gasteiger partial charge in [-0.1, -0.05) is 0 Å². The zero-order valence-corrected chi connectivity index (χ0v) is 18.0. The summed E-state index contributed by atoms with van der Waals surface area (Å²) in [6, 6.07) is 5.32. The molecular formula is C21H26O14. The van der Waals surface area contributed by atoms with E-state index >= 15 is 0 Å². The molecule has 35 heavy (non-hydrogen) atoms. The molecule has 0 radical (unpaired) electrons. The number of hydrogen-bond donors (Lipinski definition) is 8. The van der Waals surface area contributed by atoms with Crippen LogP contribution in [-0.4, -0.2) is 115 Å². The molecule has 2 saturated heterocycles. The highest BCUT2D eigenvalue weighted by Gasteiger charge is 2.47. The van der Waals surface area contributed by atoms with Gasteiger partial charge in [-0.2, -0.15) is 0 Å². The van der Waals surface area contributed by atoms with E-state index in [9.17, 15) is 45.6 Å².